The van der Waals surface area contributed by atoms with Crippen LogP contribution < -0.4 is 20.3 Å². The second-order valence-corrected chi connectivity index (χ2v) is 8.34. The first-order valence-electron chi connectivity index (χ1n) is 8.69. The predicted octanol–water partition coefficient (Wildman–Crippen LogP) is 3.40. The van der Waals surface area contributed by atoms with Gasteiger partial charge in [-0.15, -0.1) is 0 Å². The van der Waals surface area contributed by atoms with Gasteiger partial charge in [-0.25, -0.2) is 4.98 Å². The van der Waals surface area contributed by atoms with E-state index in [1.807, 2.05) is 23.9 Å². The van der Waals surface area contributed by atoms with Crippen molar-refractivity contribution >= 4 is 46.3 Å². The van der Waals surface area contributed by atoms with E-state index in [4.69, 9.17) is 16.3 Å². The fraction of sp³-hybridized carbons (Fsp3) is 0.368. The molecule has 2 aromatic rings. The molecule has 2 N–H and O–H groups in total. The second kappa shape index (κ2) is 7.13. The number of pyridine rings is 1. The zero-order valence-corrected chi connectivity index (χ0v) is 16.8. The zero-order chi connectivity index (χ0) is 19.0. The van der Waals surface area contributed by atoms with Gasteiger partial charge in [-0.1, -0.05) is 17.7 Å². The van der Waals surface area contributed by atoms with E-state index in [9.17, 15) is 4.79 Å². The van der Waals surface area contributed by atoms with Gasteiger partial charge in [0.15, 0.2) is 5.75 Å². The molecule has 0 atom stereocenters. The number of carbonyl (C=O) groups excluding carboxylic acids is 1. The first kappa shape index (κ1) is 18.3. The lowest BCUT2D eigenvalue weighted by atomic mass is 9.82. The maximum atomic E-state index is 12.2. The van der Waals surface area contributed by atoms with Gasteiger partial charge in [0, 0.05) is 43.3 Å². The number of anilines is 3. The maximum absolute atomic E-state index is 12.2. The van der Waals surface area contributed by atoms with Gasteiger partial charge >= 0.3 is 0 Å². The molecule has 0 unspecified atom stereocenters. The van der Waals surface area contributed by atoms with Gasteiger partial charge in [-0.3, -0.25) is 4.79 Å². The lowest BCUT2D eigenvalue weighted by Crippen LogP contribution is -2.63. The minimum absolute atomic E-state index is 0.232. The Kier molecular flexibility index (Phi) is 4.82. The van der Waals surface area contributed by atoms with Crippen LogP contribution in [0.2, 0.25) is 5.15 Å². The predicted molar refractivity (Wildman–Crippen MR) is 111 cm³/mol. The molecule has 0 aliphatic carbocycles. The van der Waals surface area contributed by atoms with Crippen molar-refractivity contribution in [1.82, 2.24) is 10.3 Å². The van der Waals surface area contributed by atoms with Crippen molar-refractivity contribution in [2.75, 3.05) is 49.0 Å². The lowest BCUT2D eigenvalue weighted by molar-refractivity contribution is 0.0963. The molecule has 2 fully saturated rings. The number of methoxy groups -OCH3 is 1. The monoisotopic (exact) mass is 404 g/mol. The molecule has 2 saturated heterocycles. The molecule has 142 valence electrons. The molecule has 2 aliphatic heterocycles. The van der Waals surface area contributed by atoms with Crippen LogP contribution in [-0.4, -0.2) is 49.6 Å². The van der Waals surface area contributed by atoms with Crippen LogP contribution >= 0.6 is 23.4 Å². The van der Waals surface area contributed by atoms with Crippen LogP contribution in [0.4, 0.5) is 17.1 Å². The number of amides is 1. The highest BCUT2D eigenvalue weighted by molar-refractivity contribution is 8.00. The zero-order valence-electron chi connectivity index (χ0n) is 15.2. The highest BCUT2D eigenvalue weighted by atomic mass is 35.5. The number of hydrogen-bond donors (Lipinski definition) is 2. The molecule has 1 aromatic carbocycles. The van der Waals surface area contributed by atoms with Crippen molar-refractivity contribution in [2.45, 2.75) is 0 Å². The Hall–Kier alpha value is -2.12. The number of aromatic nitrogens is 1. The number of nitrogens with one attached hydrogen (secondary N) is 2. The molecular formula is C19H21ClN4O2S. The normalized spacial score (nSPS) is 17.1. The fourth-order valence-electron chi connectivity index (χ4n) is 3.59. The largest absolute Gasteiger partial charge is 0.492 e. The third-order valence-corrected chi connectivity index (χ3v) is 6.86. The average Bonchev–Trinajstić information content (AvgIpc) is 2.59. The summed E-state index contributed by atoms with van der Waals surface area (Å²) in [5.74, 6) is 3.02. The van der Waals surface area contributed by atoms with Crippen LogP contribution in [0.3, 0.4) is 0 Å². The lowest BCUT2D eigenvalue weighted by Gasteiger charge is -2.56. The summed E-state index contributed by atoms with van der Waals surface area (Å²) in [6.07, 6.45) is 1.47. The molecule has 1 amide bonds. The van der Waals surface area contributed by atoms with Gasteiger partial charge in [0.25, 0.3) is 5.91 Å². The minimum atomic E-state index is -0.232. The van der Waals surface area contributed by atoms with Crippen molar-refractivity contribution in [3.8, 4) is 5.75 Å². The third-order valence-electron chi connectivity index (χ3n) is 5.02. The van der Waals surface area contributed by atoms with Gasteiger partial charge in [0.1, 0.15) is 5.15 Å². The van der Waals surface area contributed by atoms with E-state index in [1.54, 1.807) is 20.2 Å². The number of nitrogens with zero attached hydrogens (tertiary/aromatic N) is 2. The van der Waals surface area contributed by atoms with Crippen LogP contribution in [0.5, 0.6) is 5.75 Å². The van der Waals surface area contributed by atoms with Crippen LogP contribution in [-0.2, 0) is 0 Å². The molecule has 8 heteroatoms. The summed E-state index contributed by atoms with van der Waals surface area (Å²) in [7, 11) is 3.25. The molecule has 6 nitrogen and oxygen atoms in total. The number of carbonyl (C=O) groups is 1. The van der Waals surface area contributed by atoms with Gasteiger partial charge in [0.05, 0.1) is 29.7 Å². The molecule has 4 rings (SSSR count). The van der Waals surface area contributed by atoms with E-state index >= 15 is 0 Å². The number of ether oxygens (including phenoxy) is 1. The van der Waals surface area contributed by atoms with Gasteiger partial charge in [-0.05, 0) is 18.2 Å². The van der Waals surface area contributed by atoms with Crippen molar-refractivity contribution in [2.24, 2.45) is 5.41 Å². The molecular weight excluding hydrogens is 384 g/mol. The Morgan fingerprint density at radius 2 is 2.11 bits per heavy atom. The molecule has 0 radical (unpaired) electrons. The Bertz CT molecular complexity index is 880. The van der Waals surface area contributed by atoms with Crippen LogP contribution in [0.1, 0.15) is 10.4 Å². The van der Waals surface area contributed by atoms with E-state index in [2.05, 4.69) is 26.6 Å². The van der Waals surface area contributed by atoms with E-state index in [0.29, 0.717) is 21.8 Å². The topological polar surface area (TPSA) is 66.5 Å². The molecule has 0 saturated carbocycles. The summed E-state index contributed by atoms with van der Waals surface area (Å²) in [6, 6.07) is 7.63. The average molecular weight is 405 g/mol. The van der Waals surface area contributed by atoms with Crippen LogP contribution in [0, 0.1) is 5.41 Å². The maximum Gasteiger partial charge on any atom is 0.254 e. The van der Waals surface area contributed by atoms with E-state index in [0.717, 1.165) is 30.2 Å². The number of para-hydroxylation sites is 1. The first-order valence-corrected chi connectivity index (χ1v) is 10.2. The fourth-order valence-corrected chi connectivity index (χ4v) is 4.89. The van der Waals surface area contributed by atoms with Gasteiger partial charge in [0.2, 0.25) is 0 Å². The quantitative estimate of drug-likeness (QED) is 0.744. The Morgan fingerprint density at radius 3 is 2.74 bits per heavy atom. The SMILES string of the molecule is CNC(=O)c1cnc(Cl)cc1Nc1cccc(N2CC3(CSC3)C2)c1OC. The summed E-state index contributed by atoms with van der Waals surface area (Å²) in [5, 5.41) is 6.23. The van der Waals surface area contributed by atoms with E-state index in [1.165, 1.54) is 17.7 Å². The van der Waals surface area contributed by atoms with E-state index < -0.39 is 0 Å². The molecule has 0 bridgehead atoms. The molecule has 27 heavy (non-hydrogen) atoms. The highest BCUT2D eigenvalue weighted by Crippen LogP contribution is 2.49. The summed E-state index contributed by atoms with van der Waals surface area (Å²) in [5.41, 5.74) is 3.34. The standard InChI is InChI=1S/C19H21ClN4O2S/c1-21-18(25)12-7-22-16(20)6-14(12)23-13-4-3-5-15(17(13)26-2)24-8-19(9-24)10-27-11-19/h3-7H,8-11H2,1-2H3,(H,21,25)(H,22,23). The second-order valence-electron chi connectivity index (χ2n) is 6.96. The van der Waals surface area contributed by atoms with Gasteiger partial charge < -0.3 is 20.3 Å². The van der Waals surface area contributed by atoms with Crippen LogP contribution in [0.15, 0.2) is 30.5 Å². The number of thioether (sulfide) groups is 1. The highest BCUT2D eigenvalue weighted by Gasteiger charge is 2.48. The molecule has 1 aromatic heterocycles. The van der Waals surface area contributed by atoms with E-state index in [-0.39, 0.29) is 5.91 Å². The van der Waals surface area contributed by atoms with Crippen molar-refractivity contribution in [3.63, 3.8) is 0 Å². The number of rotatable bonds is 5. The molecule has 2 aliphatic rings. The Labute approximate surface area is 167 Å². The smallest absolute Gasteiger partial charge is 0.254 e. The Morgan fingerprint density at radius 1 is 1.33 bits per heavy atom. The number of hydrogen-bond acceptors (Lipinski definition) is 6. The number of benzene rings is 1. The molecule has 3 heterocycles. The van der Waals surface area contributed by atoms with Crippen LogP contribution in [0.25, 0.3) is 0 Å². The minimum Gasteiger partial charge on any atom is -0.492 e. The third kappa shape index (κ3) is 3.30. The number of halogens is 1. The summed E-state index contributed by atoms with van der Waals surface area (Å²) >= 11 is 8.06. The summed E-state index contributed by atoms with van der Waals surface area (Å²) in [6.45, 7) is 2.12. The van der Waals surface area contributed by atoms with Gasteiger partial charge in [-0.2, -0.15) is 11.8 Å². The summed E-state index contributed by atoms with van der Waals surface area (Å²) < 4.78 is 5.72. The van der Waals surface area contributed by atoms with Crippen molar-refractivity contribution in [3.05, 3.63) is 41.2 Å². The Balaban J connectivity index is 1.64. The molecule has 1 spiro atoms. The first-order chi connectivity index (χ1) is 13.0. The summed E-state index contributed by atoms with van der Waals surface area (Å²) in [4.78, 5) is 18.5. The van der Waals surface area contributed by atoms with Crippen molar-refractivity contribution < 1.29 is 9.53 Å². The van der Waals surface area contributed by atoms with Crippen molar-refractivity contribution in [1.29, 1.82) is 0 Å².